The molecule has 0 fully saturated rings. The largest absolute Gasteiger partial charge is 0.302 e. The van der Waals surface area contributed by atoms with Gasteiger partial charge in [0, 0.05) is 26.5 Å². The third-order valence-electron chi connectivity index (χ3n) is 3.94. The number of hydrogen-bond donors (Lipinski definition) is 1. The first-order valence-corrected chi connectivity index (χ1v) is 11.0. The normalized spacial score (nSPS) is 10.8. The fourth-order valence-electron chi connectivity index (χ4n) is 2.65. The van der Waals surface area contributed by atoms with Crippen molar-refractivity contribution >= 4 is 49.6 Å². The van der Waals surface area contributed by atoms with Gasteiger partial charge in [0.15, 0.2) is 5.13 Å². The van der Waals surface area contributed by atoms with Crippen LogP contribution in [0.25, 0.3) is 22.0 Å². The summed E-state index contributed by atoms with van der Waals surface area (Å²) in [6.07, 6.45) is 1.94. The number of aryl methyl sites for hydroxylation is 1. The number of halogens is 1. The lowest BCUT2D eigenvalue weighted by molar-refractivity contribution is -0.115. The highest BCUT2D eigenvalue weighted by Gasteiger charge is 2.14. The number of benzene rings is 1. The van der Waals surface area contributed by atoms with Gasteiger partial charge in [-0.3, -0.25) is 9.78 Å². The smallest absolute Gasteiger partial charge is 0.232 e. The third kappa shape index (κ3) is 4.35. The molecule has 0 saturated heterocycles. The van der Waals surface area contributed by atoms with E-state index in [0.717, 1.165) is 37.0 Å². The summed E-state index contributed by atoms with van der Waals surface area (Å²) in [6.45, 7) is 2.00. The minimum Gasteiger partial charge on any atom is -0.302 e. The zero-order chi connectivity index (χ0) is 19.5. The van der Waals surface area contributed by atoms with E-state index < -0.39 is 0 Å². The molecule has 0 aliphatic carbocycles. The molecule has 28 heavy (non-hydrogen) atoms. The Morgan fingerprint density at radius 2 is 1.96 bits per heavy atom. The molecule has 0 aliphatic rings. The van der Waals surface area contributed by atoms with Crippen LogP contribution < -0.4 is 5.32 Å². The van der Waals surface area contributed by atoms with E-state index in [9.17, 15) is 4.79 Å². The summed E-state index contributed by atoms with van der Waals surface area (Å²) in [4.78, 5) is 26.9. The van der Waals surface area contributed by atoms with Crippen LogP contribution >= 0.6 is 38.6 Å². The van der Waals surface area contributed by atoms with E-state index in [1.165, 1.54) is 22.7 Å². The van der Waals surface area contributed by atoms with Gasteiger partial charge in [0.2, 0.25) is 5.91 Å². The van der Waals surface area contributed by atoms with Crippen LogP contribution in [0.3, 0.4) is 0 Å². The topological polar surface area (TPSA) is 67.8 Å². The SMILES string of the molecule is Cc1sc(NC(=O)Cc2csc(-c3ccccn3)n2)nc1-c1ccc(Br)cc1. The van der Waals surface area contributed by atoms with Crippen LogP contribution in [0.2, 0.25) is 0 Å². The number of amides is 1. The Balaban J connectivity index is 1.44. The number of hydrogen-bond acceptors (Lipinski definition) is 6. The predicted molar refractivity (Wildman–Crippen MR) is 118 cm³/mol. The molecule has 4 rings (SSSR count). The average molecular weight is 471 g/mol. The predicted octanol–water partition coefficient (Wildman–Crippen LogP) is 5.58. The van der Waals surface area contributed by atoms with Gasteiger partial charge in [-0.05, 0) is 31.2 Å². The van der Waals surface area contributed by atoms with E-state index in [-0.39, 0.29) is 12.3 Å². The molecule has 4 aromatic rings. The first-order valence-electron chi connectivity index (χ1n) is 8.47. The van der Waals surface area contributed by atoms with Crippen molar-refractivity contribution < 1.29 is 4.79 Å². The van der Waals surface area contributed by atoms with E-state index >= 15 is 0 Å². The first kappa shape index (κ1) is 18.9. The highest BCUT2D eigenvalue weighted by atomic mass is 79.9. The van der Waals surface area contributed by atoms with E-state index in [4.69, 9.17) is 0 Å². The van der Waals surface area contributed by atoms with Crippen molar-refractivity contribution in [1.82, 2.24) is 15.0 Å². The second kappa shape index (κ2) is 8.30. The fourth-order valence-corrected chi connectivity index (χ4v) is 4.56. The first-order chi connectivity index (χ1) is 13.6. The monoisotopic (exact) mass is 470 g/mol. The number of carbonyl (C=O) groups excluding carboxylic acids is 1. The van der Waals surface area contributed by atoms with Gasteiger partial charge >= 0.3 is 0 Å². The lowest BCUT2D eigenvalue weighted by Crippen LogP contribution is -2.14. The molecule has 0 saturated carbocycles. The van der Waals surface area contributed by atoms with E-state index in [1.807, 2.05) is 54.8 Å². The maximum atomic E-state index is 12.4. The van der Waals surface area contributed by atoms with Gasteiger partial charge in [-0.1, -0.05) is 34.1 Å². The average Bonchev–Trinajstić information content (AvgIpc) is 3.30. The molecule has 0 unspecified atom stereocenters. The highest BCUT2D eigenvalue weighted by Crippen LogP contribution is 2.31. The van der Waals surface area contributed by atoms with Crippen molar-refractivity contribution in [2.75, 3.05) is 5.32 Å². The van der Waals surface area contributed by atoms with Gasteiger partial charge in [0.1, 0.15) is 5.01 Å². The molecular formula is C20H15BrN4OS2. The summed E-state index contributed by atoms with van der Waals surface area (Å²) < 4.78 is 1.02. The molecular weight excluding hydrogens is 456 g/mol. The highest BCUT2D eigenvalue weighted by molar-refractivity contribution is 9.10. The number of aromatic nitrogens is 3. The summed E-state index contributed by atoms with van der Waals surface area (Å²) in [7, 11) is 0. The van der Waals surface area contributed by atoms with Crippen molar-refractivity contribution in [3.05, 3.63) is 69.1 Å². The Morgan fingerprint density at radius 1 is 1.14 bits per heavy atom. The molecule has 0 bridgehead atoms. The number of rotatable bonds is 5. The maximum absolute atomic E-state index is 12.4. The van der Waals surface area contributed by atoms with E-state index in [1.54, 1.807) is 6.20 Å². The molecule has 1 aromatic carbocycles. The number of nitrogens with one attached hydrogen (secondary N) is 1. The molecule has 3 heterocycles. The van der Waals surface area contributed by atoms with Gasteiger partial charge < -0.3 is 5.32 Å². The molecule has 140 valence electrons. The van der Waals surface area contributed by atoms with Crippen LogP contribution in [0.15, 0.2) is 58.5 Å². The quantitative estimate of drug-likeness (QED) is 0.413. The molecule has 1 N–H and O–H groups in total. The Morgan fingerprint density at radius 3 is 2.71 bits per heavy atom. The van der Waals surface area contributed by atoms with Gasteiger partial charge in [0.25, 0.3) is 0 Å². The number of anilines is 1. The van der Waals surface area contributed by atoms with Crippen LogP contribution in [-0.4, -0.2) is 20.9 Å². The van der Waals surface area contributed by atoms with Crippen LogP contribution in [0.1, 0.15) is 10.6 Å². The molecule has 0 radical (unpaired) electrons. The maximum Gasteiger partial charge on any atom is 0.232 e. The third-order valence-corrected chi connectivity index (χ3v) is 6.27. The minimum absolute atomic E-state index is 0.131. The molecule has 0 spiro atoms. The van der Waals surface area contributed by atoms with Crippen molar-refractivity contribution in [3.8, 4) is 22.0 Å². The molecule has 3 aromatic heterocycles. The summed E-state index contributed by atoms with van der Waals surface area (Å²) in [6, 6.07) is 13.7. The van der Waals surface area contributed by atoms with Crippen molar-refractivity contribution in [1.29, 1.82) is 0 Å². The van der Waals surface area contributed by atoms with Crippen LogP contribution in [0, 0.1) is 6.92 Å². The standard InChI is InChI=1S/C20H15BrN4OS2/c1-12-18(13-5-7-14(21)8-6-13)25-20(28-12)24-17(26)10-15-11-27-19(23-15)16-4-2-3-9-22-16/h2-9,11H,10H2,1H3,(H,24,25,26). The van der Waals surface area contributed by atoms with E-state index in [2.05, 4.69) is 36.2 Å². The van der Waals surface area contributed by atoms with Crippen LogP contribution in [-0.2, 0) is 11.2 Å². The summed E-state index contributed by atoms with van der Waals surface area (Å²) in [5, 5.41) is 6.19. The fraction of sp³-hybridized carbons (Fsp3) is 0.100. The molecule has 1 amide bonds. The Bertz CT molecular complexity index is 1110. The molecule has 5 nitrogen and oxygen atoms in total. The van der Waals surface area contributed by atoms with E-state index in [0.29, 0.717) is 5.13 Å². The zero-order valence-electron chi connectivity index (χ0n) is 14.8. The van der Waals surface area contributed by atoms with Crippen molar-refractivity contribution in [2.24, 2.45) is 0 Å². The second-order valence-electron chi connectivity index (χ2n) is 6.01. The van der Waals surface area contributed by atoms with Crippen LogP contribution in [0.4, 0.5) is 5.13 Å². The summed E-state index contributed by atoms with van der Waals surface area (Å²) >= 11 is 6.40. The van der Waals surface area contributed by atoms with Gasteiger partial charge in [-0.2, -0.15) is 0 Å². The zero-order valence-corrected chi connectivity index (χ0v) is 18.1. The number of thiazole rings is 2. The molecule has 0 atom stereocenters. The molecule has 8 heteroatoms. The van der Waals surface area contributed by atoms with Crippen LogP contribution in [0.5, 0.6) is 0 Å². The van der Waals surface area contributed by atoms with Gasteiger partial charge in [-0.25, -0.2) is 9.97 Å². The minimum atomic E-state index is -0.131. The van der Waals surface area contributed by atoms with Gasteiger partial charge in [0.05, 0.1) is 23.5 Å². The Labute approximate surface area is 178 Å². The lowest BCUT2D eigenvalue weighted by atomic mass is 10.1. The number of carbonyl (C=O) groups is 1. The van der Waals surface area contributed by atoms with Crippen molar-refractivity contribution in [2.45, 2.75) is 13.3 Å². The Kier molecular flexibility index (Phi) is 5.61. The lowest BCUT2D eigenvalue weighted by Gasteiger charge is -2.00. The van der Waals surface area contributed by atoms with Gasteiger partial charge in [-0.15, -0.1) is 22.7 Å². The summed E-state index contributed by atoms with van der Waals surface area (Å²) in [5.74, 6) is -0.131. The molecule has 0 aliphatic heterocycles. The Hall–Kier alpha value is -2.42. The summed E-state index contributed by atoms with van der Waals surface area (Å²) in [5.41, 5.74) is 3.45. The van der Waals surface area contributed by atoms with Crippen molar-refractivity contribution in [3.63, 3.8) is 0 Å². The number of pyridine rings is 1. The second-order valence-corrected chi connectivity index (χ2v) is 8.99. The number of nitrogens with zero attached hydrogens (tertiary/aromatic N) is 3.